The number of rotatable bonds is 4. The normalized spacial score (nSPS) is 20.8. The molecule has 1 aliphatic heterocycles. The fourth-order valence-corrected chi connectivity index (χ4v) is 4.91. The van der Waals surface area contributed by atoms with Gasteiger partial charge in [0, 0.05) is 18.7 Å². The molecule has 0 unspecified atom stereocenters. The fraction of sp³-hybridized carbons (Fsp3) is 0.263. The first-order valence-corrected chi connectivity index (χ1v) is 10.0. The van der Waals surface area contributed by atoms with Crippen LogP contribution in [-0.4, -0.2) is 36.0 Å². The van der Waals surface area contributed by atoms with Gasteiger partial charge in [-0.3, -0.25) is 0 Å². The lowest BCUT2D eigenvalue weighted by atomic mass is 9.98. The van der Waals surface area contributed by atoms with E-state index >= 15 is 0 Å². The minimum atomic E-state index is -3.78. The molecule has 6 nitrogen and oxygen atoms in total. The average Bonchev–Trinajstić information content (AvgIpc) is 3.29. The summed E-state index contributed by atoms with van der Waals surface area (Å²) in [6, 6.07) is 14.5. The molecule has 0 amide bonds. The molecule has 140 valence electrons. The molecule has 0 radical (unpaired) electrons. The highest BCUT2D eigenvalue weighted by molar-refractivity contribution is 7.89. The highest BCUT2D eigenvalue weighted by Gasteiger charge is 2.40. The summed E-state index contributed by atoms with van der Waals surface area (Å²) in [5, 5.41) is 4.02. The second-order valence-electron chi connectivity index (χ2n) is 6.69. The summed E-state index contributed by atoms with van der Waals surface area (Å²) < 4.78 is 45.9. The van der Waals surface area contributed by atoms with Crippen LogP contribution in [0.5, 0.6) is 0 Å². The largest absolute Gasteiger partial charge is 0.339 e. The van der Waals surface area contributed by atoms with Crippen molar-refractivity contribution in [3.05, 3.63) is 66.3 Å². The van der Waals surface area contributed by atoms with Gasteiger partial charge >= 0.3 is 0 Å². The van der Waals surface area contributed by atoms with Crippen LogP contribution in [0.4, 0.5) is 4.39 Å². The summed E-state index contributed by atoms with van der Waals surface area (Å²) in [5.41, 5.74) is 0.836. The van der Waals surface area contributed by atoms with Crippen LogP contribution in [0.15, 0.2) is 64.0 Å². The van der Waals surface area contributed by atoms with Crippen molar-refractivity contribution < 1.29 is 17.3 Å². The van der Waals surface area contributed by atoms with Crippen LogP contribution in [0.25, 0.3) is 11.4 Å². The molecule has 8 heteroatoms. The summed E-state index contributed by atoms with van der Waals surface area (Å²) in [7, 11) is -3.78. The fourth-order valence-electron chi connectivity index (χ4n) is 3.31. The minimum Gasteiger partial charge on any atom is -0.339 e. The Bertz CT molecular complexity index is 1050. The molecule has 1 aliphatic rings. The van der Waals surface area contributed by atoms with Crippen molar-refractivity contribution in [3.63, 3.8) is 0 Å². The van der Waals surface area contributed by atoms with Crippen LogP contribution in [0, 0.1) is 11.7 Å². The van der Waals surface area contributed by atoms with Gasteiger partial charge in [-0.2, -0.15) is 9.29 Å². The molecule has 2 atom stereocenters. The van der Waals surface area contributed by atoms with Crippen molar-refractivity contribution in [2.75, 3.05) is 13.1 Å². The number of nitrogens with zero attached hydrogens (tertiary/aromatic N) is 3. The first-order valence-electron chi connectivity index (χ1n) is 8.60. The number of aromatic nitrogens is 2. The molecule has 4 rings (SSSR count). The Morgan fingerprint density at radius 1 is 1.11 bits per heavy atom. The molecule has 1 saturated heterocycles. The molecular weight excluding hydrogens is 369 g/mol. The van der Waals surface area contributed by atoms with E-state index < -0.39 is 15.8 Å². The lowest BCUT2D eigenvalue weighted by molar-refractivity contribution is 0.338. The van der Waals surface area contributed by atoms with E-state index in [1.807, 2.05) is 37.3 Å². The van der Waals surface area contributed by atoms with Gasteiger partial charge in [0.25, 0.3) is 0 Å². The zero-order valence-corrected chi connectivity index (χ0v) is 15.4. The summed E-state index contributed by atoms with van der Waals surface area (Å²) in [5.74, 6) is 0.0995. The molecule has 3 aromatic rings. The molecule has 0 saturated carbocycles. The molecule has 1 fully saturated rings. The number of hydrogen-bond acceptors (Lipinski definition) is 5. The number of sulfonamides is 1. The average molecular weight is 387 g/mol. The van der Waals surface area contributed by atoms with Crippen LogP contribution in [0.2, 0.25) is 0 Å². The van der Waals surface area contributed by atoms with Gasteiger partial charge in [-0.25, -0.2) is 12.8 Å². The summed E-state index contributed by atoms with van der Waals surface area (Å²) in [6.45, 7) is 2.47. The molecule has 0 aliphatic carbocycles. The zero-order valence-electron chi connectivity index (χ0n) is 14.6. The molecule has 1 aromatic heterocycles. The Labute approximate surface area is 156 Å². The van der Waals surface area contributed by atoms with E-state index in [0.29, 0.717) is 18.3 Å². The first-order chi connectivity index (χ1) is 12.9. The Morgan fingerprint density at radius 3 is 2.63 bits per heavy atom. The number of benzene rings is 2. The Morgan fingerprint density at radius 2 is 1.89 bits per heavy atom. The van der Waals surface area contributed by atoms with Crippen molar-refractivity contribution in [3.8, 4) is 11.4 Å². The van der Waals surface area contributed by atoms with Crippen molar-refractivity contribution in [1.29, 1.82) is 0 Å². The SMILES string of the molecule is C[C@H]1CN(S(=O)(=O)c2cccc(F)c2)C[C@@H]1c1nc(-c2ccccc2)no1. The van der Waals surface area contributed by atoms with Gasteiger partial charge < -0.3 is 4.52 Å². The second-order valence-corrected chi connectivity index (χ2v) is 8.62. The Hall–Kier alpha value is -2.58. The third kappa shape index (κ3) is 3.38. The zero-order chi connectivity index (χ0) is 19.0. The lowest BCUT2D eigenvalue weighted by Gasteiger charge is -2.16. The lowest BCUT2D eigenvalue weighted by Crippen LogP contribution is -2.29. The van der Waals surface area contributed by atoms with Crippen LogP contribution in [0.3, 0.4) is 0 Å². The summed E-state index contributed by atoms with van der Waals surface area (Å²) >= 11 is 0. The Kier molecular flexibility index (Phi) is 4.53. The highest BCUT2D eigenvalue weighted by atomic mass is 32.2. The number of halogens is 1. The summed E-state index contributed by atoms with van der Waals surface area (Å²) in [4.78, 5) is 4.41. The van der Waals surface area contributed by atoms with Crippen LogP contribution >= 0.6 is 0 Å². The van der Waals surface area contributed by atoms with E-state index in [1.54, 1.807) is 0 Å². The molecule has 27 heavy (non-hydrogen) atoms. The van der Waals surface area contributed by atoms with Gasteiger partial charge in [0.15, 0.2) is 0 Å². The Balaban J connectivity index is 1.58. The van der Waals surface area contributed by atoms with Crippen molar-refractivity contribution >= 4 is 10.0 Å². The maximum atomic E-state index is 13.5. The monoisotopic (exact) mass is 387 g/mol. The predicted octanol–water partition coefficient (Wildman–Crippen LogP) is 3.30. The predicted molar refractivity (Wildman–Crippen MR) is 96.8 cm³/mol. The van der Waals surface area contributed by atoms with Gasteiger partial charge in [0.05, 0.1) is 10.8 Å². The van der Waals surface area contributed by atoms with E-state index in [1.165, 1.54) is 22.5 Å². The van der Waals surface area contributed by atoms with Gasteiger partial charge in [0.1, 0.15) is 5.82 Å². The number of hydrogen-bond donors (Lipinski definition) is 0. The third-order valence-corrected chi connectivity index (χ3v) is 6.63. The van der Waals surface area contributed by atoms with Crippen molar-refractivity contribution in [2.24, 2.45) is 5.92 Å². The molecule has 2 aromatic carbocycles. The summed E-state index contributed by atoms with van der Waals surface area (Å²) in [6.07, 6.45) is 0. The van der Waals surface area contributed by atoms with Gasteiger partial charge in [-0.05, 0) is 24.1 Å². The third-order valence-electron chi connectivity index (χ3n) is 4.80. The standard InChI is InChI=1S/C19H18FN3O3S/c1-13-11-23(27(24,25)16-9-5-8-15(20)10-16)12-17(13)19-21-18(22-26-19)14-6-3-2-4-7-14/h2-10,13,17H,11-12H2,1H3/t13-,17-/m0/s1. The van der Waals surface area contributed by atoms with Crippen LogP contribution < -0.4 is 0 Å². The molecule has 2 heterocycles. The van der Waals surface area contributed by atoms with E-state index in [4.69, 9.17) is 4.52 Å². The molecule has 0 spiro atoms. The minimum absolute atomic E-state index is 0.00240. The van der Waals surface area contributed by atoms with Crippen molar-refractivity contribution in [1.82, 2.24) is 14.4 Å². The quantitative estimate of drug-likeness (QED) is 0.687. The molecular formula is C19H18FN3O3S. The smallest absolute Gasteiger partial charge is 0.243 e. The van der Waals surface area contributed by atoms with E-state index in [2.05, 4.69) is 10.1 Å². The highest BCUT2D eigenvalue weighted by Crippen LogP contribution is 2.35. The van der Waals surface area contributed by atoms with E-state index in [-0.39, 0.29) is 23.3 Å². The topological polar surface area (TPSA) is 76.3 Å². The molecule has 0 bridgehead atoms. The van der Waals surface area contributed by atoms with E-state index in [0.717, 1.165) is 11.6 Å². The van der Waals surface area contributed by atoms with Crippen molar-refractivity contribution in [2.45, 2.75) is 17.7 Å². The van der Waals surface area contributed by atoms with Gasteiger partial charge in [0.2, 0.25) is 21.7 Å². The first kappa shape index (κ1) is 17.8. The second kappa shape index (κ2) is 6.86. The maximum absolute atomic E-state index is 13.5. The van der Waals surface area contributed by atoms with Crippen LogP contribution in [0.1, 0.15) is 18.7 Å². The molecule has 0 N–H and O–H groups in total. The van der Waals surface area contributed by atoms with E-state index in [9.17, 15) is 12.8 Å². The van der Waals surface area contributed by atoms with Gasteiger partial charge in [-0.1, -0.05) is 48.5 Å². The van der Waals surface area contributed by atoms with Gasteiger partial charge in [-0.15, -0.1) is 0 Å². The van der Waals surface area contributed by atoms with Crippen LogP contribution in [-0.2, 0) is 10.0 Å². The maximum Gasteiger partial charge on any atom is 0.243 e.